The van der Waals surface area contributed by atoms with Crippen LogP contribution in [-0.2, 0) is 9.59 Å². The summed E-state index contributed by atoms with van der Waals surface area (Å²) in [4.78, 5) is 35.5. The van der Waals surface area contributed by atoms with E-state index >= 15 is 0 Å². The second kappa shape index (κ2) is 7.31. The fraction of sp³-hybridized carbons (Fsp3) is 0.333. The zero-order valence-corrected chi connectivity index (χ0v) is 13.5. The summed E-state index contributed by atoms with van der Waals surface area (Å²) in [6.45, 7) is 4.26. The summed E-state index contributed by atoms with van der Waals surface area (Å²) in [5.41, 5.74) is -0.687. The molecular weight excluding hydrogens is 338 g/mol. The number of anilines is 1. The number of carbonyl (C=O) groups is 2. The number of amides is 2. The molecule has 0 aliphatic carbocycles. The van der Waals surface area contributed by atoms with Crippen molar-refractivity contribution in [2.75, 3.05) is 18.4 Å². The van der Waals surface area contributed by atoms with Crippen LogP contribution in [0.5, 0.6) is 5.75 Å². The summed E-state index contributed by atoms with van der Waals surface area (Å²) < 4.78 is 0. The van der Waals surface area contributed by atoms with Gasteiger partial charge in [0.05, 0.1) is 10.6 Å². The molecule has 0 bridgehead atoms. The second-order valence-corrected chi connectivity index (χ2v) is 5.81. The molecule has 1 fully saturated rings. The molecule has 9 heteroatoms. The van der Waals surface area contributed by atoms with Crippen molar-refractivity contribution in [3.05, 3.63) is 39.9 Å². The van der Waals surface area contributed by atoms with E-state index in [4.69, 9.17) is 11.6 Å². The van der Waals surface area contributed by atoms with Gasteiger partial charge in [0.1, 0.15) is 0 Å². The Labute approximate surface area is 142 Å². The SMILES string of the molecule is C=CC(=O)N1CCC(C(=O)Nc2cc(Cl)cc([N+](=O)[O-])c2O)CC1. The third-order valence-electron chi connectivity index (χ3n) is 3.86. The zero-order valence-electron chi connectivity index (χ0n) is 12.7. The number of benzene rings is 1. The predicted octanol–water partition coefficient (Wildman–Crippen LogP) is 2.32. The summed E-state index contributed by atoms with van der Waals surface area (Å²) in [5, 5.41) is 23.3. The summed E-state index contributed by atoms with van der Waals surface area (Å²) in [5.74, 6) is -1.57. The molecule has 0 atom stereocenters. The van der Waals surface area contributed by atoms with Crippen molar-refractivity contribution < 1.29 is 19.6 Å². The number of nitro groups is 1. The van der Waals surface area contributed by atoms with E-state index in [1.54, 1.807) is 4.90 Å². The van der Waals surface area contributed by atoms with Crippen LogP contribution < -0.4 is 5.32 Å². The van der Waals surface area contributed by atoms with Gasteiger partial charge in [-0.25, -0.2) is 0 Å². The maximum absolute atomic E-state index is 12.3. The molecule has 8 nitrogen and oxygen atoms in total. The molecule has 128 valence electrons. The molecule has 0 spiro atoms. The van der Waals surface area contributed by atoms with Crippen LogP contribution in [-0.4, -0.2) is 39.8 Å². The van der Waals surface area contributed by atoms with E-state index < -0.39 is 16.4 Å². The number of aromatic hydroxyl groups is 1. The molecule has 1 aromatic rings. The highest BCUT2D eigenvalue weighted by molar-refractivity contribution is 6.31. The minimum Gasteiger partial charge on any atom is -0.501 e. The number of phenolic OH excluding ortho intramolecular Hbond substituents is 1. The number of likely N-dealkylation sites (tertiary alicyclic amines) is 1. The highest BCUT2D eigenvalue weighted by atomic mass is 35.5. The van der Waals surface area contributed by atoms with Crippen LogP contribution in [0.2, 0.25) is 5.02 Å². The molecule has 1 aliphatic heterocycles. The Kier molecular flexibility index (Phi) is 5.40. The number of halogens is 1. The van der Waals surface area contributed by atoms with E-state index in [-0.39, 0.29) is 28.4 Å². The largest absolute Gasteiger partial charge is 0.501 e. The van der Waals surface area contributed by atoms with Crippen LogP contribution >= 0.6 is 11.6 Å². The maximum atomic E-state index is 12.3. The first-order valence-electron chi connectivity index (χ1n) is 7.22. The Bertz CT molecular complexity index is 699. The number of phenols is 1. The van der Waals surface area contributed by atoms with Crippen LogP contribution in [0.15, 0.2) is 24.8 Å². The fourth-order valence-corrected chi connectivity index (χ4v) is 2.76. The Balaban J connectivity index is 2.07. The van der Waals surface area contributed by atoms with Gasteiger partial charge in [-0.05, 0) is 25.0 Å². The monoisotopic (exact) mass is 353 g/mol. The third-order valence-corrected chi connectivity index (χ3v) is 4.08. The number of nitrogens with one attached hydrogen (secondary N) is 1. The Hall–Kier alpha value is -2.61. The van der Waals surface area contributed by atoms with Gasteiger partial charge in [-0.15, -0.1) is 0 Å². The molecule has 0 saturated carbocycles. The van der Waals surface area contributed by atoms with Crippen molar-refractivity contribution in [1.82, 2.24) is 4.90 Å². The summed E-state index contributed by atoms with van der Waals surface area (Å²) >= 11 is 5.78. The lowest BCUT2D eigenvalue weighted by molar-refractivity contribution is -0.385. The highest BCUT2D eigenvalue weighted by Gasteiger charge is 2.28. The van der Waals surface area contributed by atoms with E-state index in [2.05, 4.69) is 11.9 Å². The van der Waals surface area contributed by atoms with E-state index in [1.807, 2.05) is 0 Å². The molecule has 1 saturated heterocycles. The van der Waals surface area contributed by atoms with Crippen molar-refractivity contribution in [1.29, 1.82) is 0 Å². The minimum atomic E-state index is -0.781. The van der Waals surface area contributed by atoms with Gasteiger partial charge in [-0.2, -0.15) is 0 Å². The van der Waals surface area contributed by atoms with Gasteiger partial charge in [0.25, 0.3) is 0 Å². The topological polar surface area (TPSA) is 113 Å². The van der Waals surface area contributed by atoms with Crippen LogP contribution in [0.4, 0.5) is 11.4 Å². The first kappa shape index (κ1) is 17.7. The first-order valence-corrected chi connectivity index (χ1v) is 7.60. The van der Waals surface area contributed by atoms with Gasteiger partial charge in [0.15, 0.2) is 0 Å². The molecule has 1 aromatic carbocycles. The Morgan fingerprint density at radius 1 is 1.42 bits per heavy atom. The molecule has 0 unspecified atom stereocenters. The lowest BCUT2D eigenvalue weighted by Crippen LogP contribution is -2.40. The smallest absolute Gasteiger partial charge is 0.314 e. The van der Waals surface area contributed by atoms with Gasteiger partial charge in [-0.1, -0.05) is 18.2 Å². The van der Waals surface area contributed by atoms with E-state index in [0.717, 1.165) is 6.07 Å². The summed E-state index contributed by atoms with van der Waals surface area (Å²) in [6.07, 6.45) is 2.13. The van der Waals surface area contributed by atoms with Gasteiger partial charge in [0.2, 0.25) is 17.6 Å². The first-order chi connectivity index (χ1) is 11.3. The number of hydrogen-bond donors (Lipinski definition) is 2. The second-order valence-electron chi connectivity index (χ2n) is 5.37. The van der Waals surface area contributed by atoms with E-state index in [9.17, 15) is 24.8 Å². The number of nitrogens with zero attached hydrogens (tertiary/aromatic N) is 2. The molecule has 1 aliphatic rings. The lowest BCUT2D eigenvalue weighted by Gasteiger charge is -2.30. The fourth-order valence-electron chi connectivity index (χ4n) is 2.55. The van der Waals surface area contributed by atoms with Crippen LogP contribution in [0.25, 0.3) is 0 Å². The minimum absolute atomic E-state index is 0.0289. The number of nitro benzene ring substituents is 1. The average molecular weight is 354 g/mol. The van der Waals surface area contributed by atoms with Gasteiger partial charge in [0, 0.05) is 30.1 Å². The number of rotatable bonds is 4. The Morgan fingerprint density at radius 3 is 2.58 bits per heavy atom. The van der Waals surface area contributed by atoms with Crippen molar-refractivity contribution in [2.45, 2.75) is 12.8 Å². The van der Waals surface area contributed by atoms with Gasteiger partial charge < -0.3 is 15.3 Å². The van der Waals surface area contributed by atoms with Crippen LogP contribution in [0.3, 0.4) is 0 Å². The number of piperidine rings is 1. The number of carbonyl (C=O) groups excluding carboxylic acids is 2. The maximum Gasteiger partial charge on any atom is 0.314 e. The number of hydrogen-bond acceptors (Lipinski definition) is 5. The van der Waals surface area contributed by atoms with Gasteiger partial charge >= 0.3 is 5.69 Å². The molecule has 1 heterocycles. The van der Waals surface area contributed by atoms with E-state index in [1.165, 1.54) is 12.1 Å². The summed E-state index contributed by atoms with van der Waals surface area (Å²) in [6, 6.07) is 2.25. The molecule has 2 N–H and O–H groups in total. The zero-order chi connectivity index (χ0) is 17.9. The molecular formula is C15H16ClN3O5. The van der Waals surface area contributed by atoms with Crippen LogP contribution in [0, 0.1) is 16.0 Å². The highest BCUT2D eigenvalue weighted by Crippen LogP contribution is 2.37. The Morgan fingerprint density at radius 2 is 2.04 bits per heavy atom. The van der Waals surface area contributed by atoms with Gasteiger partial charge in [-0.3, -0.25) is 19.7 Å². The normalized spacial score (nSPS) is 15.0. The molecule has 0 aromatic heterocycles. The van der Waals surface area contributed by atoms with E-state index in [0.29, 0.717) is 25.9 Å². The standard InChI is InChI=1S/C15H16ClN3O5/c1-2-13(20)18-5-3-9(4-6-18)15(22)17-11-7-10(16)8-12(14(11)21)19(23)24/h2,7-9,21H,1,3-6H2,(H,17,22). The molecule has 2 amide bonds. The lowest BCUT2D eigenvalue weighted by atomic mass is 9.95. The van der Waals surface area contributed by atoms with Crippen molar-refractivity contribution in [3.63, 3.8) is 0 Å². The third kappa shape index (κ3) is 3.83. The molecule has 2 rings (SSSR count). The average Bonchev–Trinajstić information content (AvgIpc) is 2.56. The quantitative estimate of drug-likeness (QED) is 0.373. The van der Waals surface area contributed by atoms with Crippen molar-refractivity contribution in [2.24, 2.45) is 5.92 Å². The van der Waals surface area contributed by atoms with Crippen molar-refractivity contribution in [3.8, 4) is 5.75 Å². The summed E-state index contributed by atoms with van der Waals surface area (Å²) in [7, 11) is 0. The van der Waals surface area contributed by atoms with Crippen LogP contribution in [0.1, 0.15) is 12.8 Å². The predicted molar refractivity (Wildman–Crippen MR) is 87.9 cm³/mol. The molecule has 0 radical (unpaired) electrons. The molecule has 24 heavy (non-hydrogen) atoms. The van der Waals surface area contributed by atoms with Crippen molar-refractivity contribution >= 4 is 34.8 Å².